The van der Waals surface area contributed by atoms with E-state index in [1.54, 1.807) is 0 Å². The Morgan fingerprint density at radius 3 is 2.95 bits per heavy atom. The molecule has 1 aromatic heterocycles. The number of aromatic nitrogens is 2. The van der Waals surface area contributed by atoms with Crippen LogP contribution in [0.5, 0.6) is 0 Å². The van der Waals surface area contributed by atoms with Crippen molar-refractivity contribution < 1.29 is 9.59 Å². The molecule has 3 rings (SSSR count). The largest absolute Gasteiger partial charge is 0.333 e. The molecule has 7 nitrogen and oxygen atoms in total. The third-order valence-electron chi connectivity index (χ3n) is 3.62. The summed E-state index contributed by atoms with van der Waals surface area (Å²) in [6.45, 7) is 4.30. The van der Waals surface area contributed by atoms with Crippen LogP contribution in [0.25, 0.3) is 0 Å². The van der Waals surface area contributed by atoms with E-state index in [2.05, 4.69) is 19.8 Å². The van der Waals surface area contributed by atoms with Gasteiger partial charge in [0.25, 0.3) is 0 Å². The highest BCUT2D eigenvalue weighted by Gasteiger charge is 2.27. The lowest BCUT2D eigenvalue weighted by atomic mass is 10.3. The maximum absolute atomic E-state index is 11.4. The average molecular weight is 263 g/mol. The molecule has 0 atom stereocenters. The summed E-state index contributed by atoms with van der Waals surface area (Å²) in [4.78, 5) is 30.7. The fourth-order valence-corrected chi connectivity index (χ4v) is 2.55. The van der Waals surface area contributed by atoms with Gasteiger partial charge in [0.15, 0.2) is 0 Å². The van der Waals surface area contributed by atoms with Crippen LogP contribution in [0.15, 0.2) is 12.4 Å². The van der Waals surface area contributed by atoms with Gasteiger partial charge in [0, 0.05) is 38.6 Å². The van der Waals surface area contributed by atoms with Crippen LogP contribution in [0.1, 0.15) is 12.2 Å². The standard InChI is InChI=1S/C12H17N5O2/c18-11-8-14-12(19)17(11)4-1-3-15-6-7-16-5-2-13-10(16)9-15/h2,5H,1,3-4,6-9H2,(H,14,19). The lowest BCUT2D eigenvalue weighted by Gasteiger charge is -2.27. The van der Waals surface area contributed by atoms with Crippen LogP contribution in [0, 0.1) is 0 Å². The molecule has 0 aliphatic carbocycles. The van der Waals surface area contributed by atoms with Crippen molar-refractivity contribution in [3.05, 3.63) is 18.2 Å². The van der Waals surface area contributed by atoms with Gasteiger partial charge in [-0.1, -0.05) is 0 Å². The van der Waals surface area contributed by atoms with Crippen molar-refractivity contribution in [2.75, 3.05) is 26.2 Å². The first-order valence-corrected chi connectivity index (χ1v) is 6.54. The number of urea groups is 1. The molecule has 2 aliphatic heterocycles. The van der Waals surface area contributed by atoms with Gasteiger partial charge in [0.1, 0.15) is 5.82 Å². The minimum absolute atomic E-state index is 0.126. The Kier molecular flexibility index (Phi) is 3.20. The zero-order valence-electron chi connectivity index (χ0n) is 10.7. The predicted molar refractivity (Wildman–Crippen MR) is 67.2 cm³/mol. The van der Waals surface area contributed by atoms with Gasteiger partial charge in [0.05, 0.1) is 13.1 Å². The van der Waals surface area contributed by atoms with E-state index in [0.717, 1.165) is 38.4 Å². The molecule has 1 saturated heterocycles. The smallest absolute Gasteiger partial charge is 0.324 e. The molecule has 0 bridgehead atoms. The number of carbonyl (C=O) groups excluding carboxylic acids is 2. The highest BCUT2D eigenvalue weighted by molar-refractivity contribution is 6.01. The van der Waals surface area contributed by atoms with Gasteiger partial charge in [0.2, 0.25) is 5.91 Å². The third-order valence-corrected chi connectivity index (χ3v) is 3.62. The monoisotopic (exact) mass is 263 g/mol. The first kappa shape index (κ1) is 12.2. The van der Waals surface area contributed by atoms with Crippen molar-refractivity contribution in [3.63, 3.8) is 0 Å². The van der Waals surface area contributed by atoms with E-state index in [1.165, 1.54) is 4.90 Å². The number of nitrogens with zero attached hydrogens (tertiary/aromatic N) is 4. The number of rotatable bonds is 4. The quantitative estimate of drug-likeness (QED) is 0.753. The van der Waals surface area contributed by atoms with Crippen molar-refractivity contribution in [3.8, 4) is 0 Å². The van der Waals surface area contributed by atoms with E-state index < -0.39 is 0 Å². The molecule has 1 aromatic rings. The normalized spacial score (nSPS) is 19.7. The number of amides is 3. The van der Waals surface area contributed by atoms with Crippen molar-refractivity contribution in [1.82, 2.24) is 24.7 Å². The van der Waals surface area contributed by atoms with Crippen LogP contribution in [0.4, 0.5) is 4.79 Å². The molecule has 3 heterocycles. The van der Waals surface area contributed by atoms with Gasteiger partial charge in [-0.25, -0.2) is 9.78 Å². The van der Waals surface area contributed by atoms with Gasteiger partial charge in [-0.3, -0.25) is 14.6 Å². The summed E-state index contributed by atoms with van der Waals surface area (Å²) in [5, 5.41) is 2.53. The Labute approximate surface area is 111 Å². The number of nitrogens with one attached hydrogen (secondary N) is 1. The van der Waals surface area contributed by atoms with E-state index in [0.29, 0.717) is 6.54 Å². The lowest BCUT2D eigenvalue weighted by Crippen LogP contribution is -2.37. The van der Waals surface area contributed by atoms with E-state index >= 15 is 0 Å². The summed E-state index contributed by atoms with van der Waals surface area (Å²) in [5.74, 6) is 0.959. The zero-order valence-corrected chi connectivity index (χ0v) is 10.7. The van der Waals surface area contributed by atoms with Gasteiger partial charge in [-0.05, 0) is 6.42 Å². The zero-order chi connectivity index (χ0) is 13.2. The van der Waals surface area contributed by atoms with Crippen LogP contribution in [-0.4, -0.2) is 57.5 Å². The second-order valence-electron chi connectivity index (χ2n) is 4.87. The molecular formula is C12H17N5O2. The summed E-state index contributed by atoms with van der Waals surface area (Å²) in [6.07, 6.45) is 4.63. The van der Waals surface area contributed by atoms with E-state index in [4.69, 9.17) is 0 Å². The molecule has 7 heteroatoms. The molecule has 102 valence electrons. The van der Waals surface area contributed by atoms with Crippen molar-refractivity contribution >= 4 is 11.9 Å². The molecule has 0 radical (unpaired) electrons. The molecule has 0 saturated carbocycles. The summed E-state index contributed by atoms with van der Waals surface area (Å²) in [7, 11) is 0. The van der Waals surface area contributed by atoms with E-state index in [9.17, 15) is 9.59 Å². The highest BCUT2D eigenvalue weighted by atomic mass is 16.2. The minimum Gasteiger partial charge on any atom is -0.333 e. The fourth-order valence-electron chi connectivity index (χ4n) is 2.55. The number of imidazole rings is 1. The molecule has 3 amide bonds. The summed E-state index contributed by atoms with van der Waals surface area (Å²) in [6, 6.07) is -0.265. The number of hydrogen-bond acceptors (Lipinski definition) is 4. The second-order valence-corrected chi connectivity index (χ2v) is 4.87. The summed E-state index contributed by atoms with van der Waals surface area (Å²) >= 11 is 0. The Balaban J connectivity index is 1.46. The van der Waals surface area contributed by atoms with Crippen LogP contribution in [-0.2, 0) is 17.9 Å². The average Bonchev–Trinajstić information content (AvgIpc) is 2.99. The Bertz CT molecular complexity index is 482. The van der Waals surface area contributed by atoms with E-state index in [1.807, 2.05) is 12.4 Å². The number of carbonyl (C=O) groups is 2. The minimum atomic E-state index is -0.265. The van der Waals surface area contributed by atoms with Crippen LogP contribution in [0.2, 0.25) is 0 Å². The van der Waals surface area contributed by atoms with Gasteiger partial charge < -0.3 is 9.88 Å². The Morgan fingerprint density at radius 1 is 1.26 bits per heavy atom. The molecule has 0 spiro atoms. The van der Waals surface area contributed by atoms with Gasteiger partial charge >= 0.3 is 6.03 Å². The molecule has 0 aromatic carbocycles. The molecular weight excluding hydrogens is 246 g/mol. The summed E-state index contributed by atoms with van der Waals surface area (Å²) < 4.78 is 2.16. The van der Waals surface area contributed by atoms with E-state index in [-0.39, 0.29) is 18.5 Å². The summed E-state index contributed by atoms with van der Waals surface area (Å²) in [5.41, 5.74) is 0. The molecule has 1 fully saturated rings. The maximum atomic E-state index is 11.4. The SMILES string of the molecule is O=C1CNC(=O)N1CCCN1CCn2ccnc2C1. The first-order valence-electron chi connectivity index (χ1n) is 6.54. The maximum Gasteiger partial charge on any atom is 0.324 e. The third kappa shape index (κ3) is 2.46. The Morgan fingerprint density at radius 2 is 2.16 bits per heavy atom. The molecule has 0 unspecified atom stereocenters. The number of hydrogen-bond donors (Lipinski definition) is 1. The topological polar surface area (TPSA) is 70.5 Å². The van der Waals surface area contributed by atoms with Crippen LogP contribution in [0.3, 0.4) is 0 Å². The Hall–Kier alpha value is -1.89. The lowest BCUT2D eigenvalue weighted by molar-refractivity contribution is -0.125. The first-order chi connectivity index (χ1) is 9.24. The molecule has 19 heavy (non-hydrogen) atoms. The second kappa shape index (κ2) is 5.00. The van der Waals surface area contributed by atoms with Gasteiger partial charge in [-0.15, -0.1) is 0 Å². The number of fused-ring (bicyclic) bond motifs is 1. The van der Waals surface area contributed by atoms with Crippen LogP contribution < -0.4 is 5.32 Å². The molecule has 1 N–H and O–H groups in total. The predicted octanol–water partition coefficient (Wildman–Crippen LogP) is -0.359. The number of imide groups is 1. The van der Waals surface area contributed by atoms with Crippen molar-refractivity contribution in [2.45, 2.75) is 19.5 Å². The fraction of sp³-hybridized carbons (Fsp3) is 0.583. The van der Waals surface area contributed by atoms with Crippen LogP contribution >= 0.6 is 0 Å². The van der Waals surface area contributed by atoms with Gasteiger partial charge in [-0.2, -0.15) is 0 Å². The highest BCUT2D eigenvalue weighted by Crippen LogP contribution is 2.10. The molecule has 2 aliphatic rings. The van der Waals surface area contributed by atoms with Crippen molar-refractivity contribution in [2.24, 2.45) is 0 Å². The van der Waals surface area contributed by atoms with Crippen molar-refractivity contribution in [1.29, 1.82) is 0 Å².